The Morgan fingerprint density at radius 1 is 1.52 bits per heavy atom. The molecule has 2 aromatic rings. The van der Waals surface area contributed by atoms with Crippen molar-refractivity contribution < 1.29 is 9.18 Å². The highest BCUT2D eigenvalue weighted by atomic mass is 19.1. The van der Waals surface area contributed by atoms with Crippen LogP contribution in [0, 0.1) is 5.92 Å². The minimum Gasteiger partial charge on any atom is -0.345 e. The number of aromatic amines is 1. The van der Waals surface area contributed by atoms with Crippen molar-refractivity contribution in [3.63, 3.8) is 0 Å². The molecule has 1 N–H and O–H groups in total. The van der Waals surface area contributed by atoms with Crippen LogP contribution in [0.2, 0.25) is 0 Å². The van der Waals surface area contributed by atoms with E-state index in [9.17, 15) is 9.18 Å². The van der Waals surface area contributed by atoms with Crippen molar-refractivity contribution in [2.75, 3.05) is 13.1 Å². The van der Waals surface area contributed by atoms with Crippen LogP contribution in [0.3, 0.4) is 0 Å². The number of nitrogens with zero attached hydrogens (tertiary/aromatic N) is 3. The van der Waals surface area contributed by atoms with Crippen molar-refractivity contribution in [3.05, 3.63) is 36.3 Å². The summed E-state index contributed by atoms with van der Waals surface area (Å²) >= 11 is 0. The van der Waals surface area contributed by atoms with Gasteiger partial charge in [0.05, 0.1) is 11.9 Å². The first-order chi connectivity index (χ1) is 12.0. The van der Waals surface area contributed by atoms with Gasteiger partial charge in [-0.1, -0.05) is 6.58 Å². The van der Waals surface area contributed by atoms with Crippen molar-refractivity contribution in [3.8, 4) is 0 Å². The SMILES string of the molecule is C=CC(=O)N1CCC(Cc2cnc3[nH]cc([C@@H]4CC4(C)F)c3n2)CC1. The highest BCUT2D eigenvalue weighted by Crippen LogP contribution is 2.55. The summed E-state index contributed by atoms with van der Waals surface area (Å²) in [5.41, 5.74) is 2.32. The van der Waals surface area contributed by atoms with E-state index in [1.54, 1.807) is 6.92 Å². The number of rotatable bonds is 4. The summed E-state index contributed by atoms with van der Waals surface area (Å²) in [6, 6.07) is 0. The Morgan fingerprint density at radius 3 is 2.88 bits per heavy atom. The lowest BCUT2D eigenvalue weighted by Gasteiger charge is -2.31. The second-order valence-corrected chi connectivity index (χ2v) is 7.51. The second kappa shape index (κ2) is 5.93. The summed E-state index contributed by atoms with van der Waals surface area (Å²) in [5, 5.41) is 0. The molecular weight excluding hydrogens is 319 g/mol. The summed E-state index contributed by atoms with van der Waals surface area (Å²) in [6.07, 6.45) is 8.37. The van der Waals surface area contributed by atoms with Crippen molar-refractivity contribution in [1.82, 2.24) is 19.9 Å². The molecule has 2 aromatic heterocycles. The van der Waals surface area contributed by atoms with E-state index in [-0.39, 0.29) is 11.8 Å². The Balaban J connectivity index is 1.47. The monoisotopic (exact) mass is 342 g/mol. The first-order valence-corrected chi connectivity index (χ1v) is 8.91. The predicted octanol–water partition coefficient (Wildman–Crippen LogP) is 3.14. The molecule has 1 unspecified atom stereocenters. The Labute approximate surface area is 146 Å². The summed E-state index contributed by atoms with van der Waals surface area (Å²) in [6.45, 7) is 6.72. The van der Waals surface area contributed by atoms with E-state index in [0.29, 0.717) is 12.3 Å². The zero-order valence-corrected chi connectivity index (χ0v) is 14.5. The zero-order valence-electron chi connectivity index (χ0n) is 14.5. The number of H-pyrrole nitrogens is 1. The number of aromatic nitrogens is 3. The number of hydrogen-bond acceptors (Lipinski definition) is 3. The molecule has 1 aliphatic heterocycles. The molecule has 2 atom stereocenters. The number of alkyl halides is 1. The van der Waals surface area contributed by atoms with Gasteiger partial charge in [-0.3, -0.25) is 4.79 Å². The lowest BCUT2D eigenvalue weighted by molar-refractivity contribution is -0.127. The van der Waals surface area contributed by atoms with E-state index in [1.807, 2.05) is 17.3 Å². The van der Waals surface area contributed by atoms with Crippen LogP contribution in [0.25, 0.3) is 11.2 Å². The van der Waals surface area contributed by atoms with Crippen molar-refractivity contribution >= 4 is 17.1 Å². The minimum atomic E-state index is -1.11. The number of nitrogens with one attached hydrogen (secondary N) is 1. The fourth-order valence-corrected chi connectivity index (χ4v) is 3.87. The maximum absolute atomic E-state index is 14.1. The molecule has 132 valence electrons. The quantitative estimate of drug-likeness (QED) is 0.868. The molecule has 0 spiro atoms. The maximum Gasteiger partial charge on any atom is 0.245 e. The van der Waals surface area contributed by atoms with E-state index >= 15 is 0 Å². The molecule has 3 heterocycles. The number of carbonyl (C=O) groups is 1. The molecular formula is C19H23FN4O. The van der Waals surface area contributed by atoms with Gasteiger partial charge in [0.2, 0.25) is 5.91 Å². The molecule has 1 aliphatic carbocycles. The first-order valence-electron chi connectivity index (χ1n) is 8.91. The second-order valence-electron chi connectivity index (χ2n) is 7.51. The fourth-order valence-electron chi connectivity index (χ4n) is 3.87. The molecule has 1 amide bonds. The number of likely N-dealkylation sites (tertiary alicyclic amines) is 1. The molecule has 5 nitrogen and oxygen atoms in total. The van der Waals surface area contributed by atoms with Gasteiger partial charge in [-0.25, -0.2) is 14.4 Å². The molecule has 25 heavy (non-hydrogen) atoms. The van der Waals surface area contributed by atoms with Gasteiger partial charge < -0.3 is 9.88 Å². The van der Waals surface area contributed by atoms with Crippen LogP contribution >= 0.6 is 0 Å². The van der Waals surface area contributed by atoms with Crippen LogP contribution < -0.4 is 0 Å². The highest BCUT2D eigenvalue weighted by molar-refractivity contribution is 5.87. The Hall–Kier alpha value is -2.24. The summed E-state index contributed by atoms with van der Waals surface area (Å²) in [7, 11) is 0. The number of piperidine rings is 1. The highest BCUT2D eigenvalue weighted by Gasteiger charge is 2.53. The lowest BCUT2D eigenvalue weighted by atomic mass is 9.92. The van der Waals surface area contributed by atoms with Gasteiger partial charge in [-0.05, 0) is 44.6 Å². The zero-order chi connectivity index (χ0) is 17.6. The normalized spacial score (nSPS) is 26.8. The van der Waals surface area contributed by atoms with Gasteiger partial charge >= 0.3 is 0 Å². The Morgan fingerprint density at radius 2 is 2.24 bits per heavy atom. The fraction of sp³-hybridized carbons (Fsp3) is 0.526. The molecule has 2 fully saturated rings. The van der Waals surface area contributed by atoms with Gasteiger partial charge in [0.1, 0.15) is 11.2 Å². The van der Waals surface area contributed by atoms with Gasteiger partial charge in [0.15, 0.2) is 5.65 Å². The maximum atomic E-state index is 14.1. The predicted molar refractivity (Wildman–Crippen MR) is 94.0 cm³/mol. The minimum absolute atomic E-state index is 0.00957. The van der Waals surface area contributed by atoms with E-state index in [4.69, 9.17) is 4.98 Å². The number of amides is 1. The van der Waals surface area contributed by atoms with Gasteiger partial charge in [0, 0.05) is 30.8 Å². The molecule has 0 radical (unpaired) electrons. The number of halogens is 1. The van der Waals surface area contributed by atoms with Gasteiger partial charge in [-0.15, -0.1) is 0 Å². The summed E-state index contributed by atoms with van der Waals surface area (Å²) in [4.78, 5) is 25.8. The third-order valence-corrected chi connectivity index (χ3v) is 5.60. The van der Waals surface area contributed by atoms with E-state index in [1.165, 1.54) is 6.08 Å². The molecule has 6 heteroatoms. The van der Waals surface area contributed by atoms with E-state index in [2.05, 4.69) is 16.5 Å². The van der Waals surface area contributed by atoms with Crippen molar-refractivity contribution in [2.24, 2.45) is 5.92 Å². The third kappa shape index (κ3) is 3.05. The number of carbonyl (C=O) groups excluding carboxylic acids is 1. The molecule has 4 rings (SSSR count). The summed E-state index contributed by atoms with van der Waals surface area (Å²) < 4.78 is 14.1. The van der Waals surface area contributed by atoms with Crippen LogP contribution in [-0.4, -0.2) is 44.5 Å². The average molecular weight is 342 g/mol. The molecule has 2 aliphatic rings. The lowest BCUT2D eigenvalue weighted by Crippen LogP contribution is -2.37. The number of fused-ring (bicyclic) bond motifs is 1. The van der Waals surface area contributed by atoms with Crippen LogP contribution in [0.5, 0.6) is 0 Å². The topological polar surface area (TPSA) is 61.9 Å². The molecule has 1 saturated carbocycles. The van der Waals surface area contributed by atoms with Crippen LogP contribution in [0.1, 0.15) is 43.4 Å². The van der Waals surface area contributed by atoms with E-state index < -0.39 is 5.67 Å². The first kappa shape index (κ1) is 16.2. The molecule has 0 aromatic carbocycles. The number of hydrogen-bond donors (Lipinski definition) is 1. The van der Waals surface area contributed by atoms with Gasteiger partial charge in [-0.2, -0.15) is 0 Å². The summed E-state index contributed by atoms with van der Waals surface area (Å²) in [5.74, 6) is 0.435. The molecule has 1 saturated heterocycles. The van der Waals surface area contributed by atoms with Crippen molar-refractivity contribution in [2.45, 2.75) is 44.2 Å². The van der Waals surface area contributed by atoms with Crippen molar-refractivity contribution in [1.29, 1.82) is 0 Å². The Kier molecular flexibility index (Phi) is 3.85. The standard InChI is InChI=1S/C19H23FN4O/c1-3-16(25)24-6-4-12(5-7-24)8-13-10-21-18-17(23-13)14(11-22-18)15-9-19(15,2)20/h3,10-12,15H,1,4-9H2,2H3,(H,21,22)/t15-,19?/m0/s1. The Bertz CT molecular complexity index is 820. The van der Waals surface area contributed by atoms with Crippen LogP contribution in [-0.2, 0) is 11.2 Å². The third-order valence-electron chi connectivity index (χ3n) is 5.60. The van der Waals surface area contributed by atoms with Crippen LogP contribution in [0.4, 0.5) is 4.39 Å². The average Bonchev–Trinajstić information content (AvgIpc) is 3.05. The van der Waals surface area contributed by atoms with Crippen LogP contribution in [0.15, 0.2) is 25.0 Å². The van der Waals surface area contributed by atoms with E-state index in [0.717, 1.165) is 54.8 Å². The molecule has 0 bridgehead atoms. The van der Waals surface area contributed by atoms with Gasteiger partial charge in [0.25, 0.3) is 0 Å². The smallest absolute Gasteiger partial charge is 0.245 e. The largest absolute Gasteiger partial charge is 0.345 e.